The predicted molar refractivity (Wildman–Crippen MR) is 47.7 cm³/mol. The molecule has 0 N–H and O–H groups in total. The van der Waals surface area contributed by atoms with Crippen molar-refractivity contribution in [3.05, 3.63) is 52.1 Å². The molecule has 0 saturated heterocycles. The van der Waals surface area contributed by atoms with Crippen molar-refractivity contribution in [1.29, 1.82) is 0 Å². The van der Waals surface area contributed by atoms with Gasteiger partial charge >= 0.3 is 0 Å². The number of rotatable bonds is 0. The summed E-state index contributed by atoms with van der Waals surface area (Å²) in [6.45, 7) is 0. The Kier molecular flexibility index (Phi) is 1.70. The zero-order valence-electron chi connectivity index (χ0n) is 6.27. The minimum absolute atomic E-state index is 0.229. The lowest BCUT2D eigenvalue weighted by Crippen LogP contribution is -2.23. The Balaban J connectivity index is 2.51. The van der Waals surface area contributed by atoms with E-state index in [1.165, 1.54) is 6.20 Å². The number of nitroso groups, excluding NO2 is 1. The van der Waals surface area contributed by atoms with Gasteiger partial charge in [-0.25, -0.2) is 0 Å². The van der Waals surface area contributed by atoms with Gasteiger partial charge in [0.15, 0.2) is 0 Å². The molecule has 0 spiro atoms. The normalized spacial score (nSPS) is 26.4. The third kappa shape index (κ3) is 1.04. The largest absolute Gasteiger partial charge is 0.252 e. The Morgan fingerprint density at radius 1 is 1.33 bits per heavy atom. The first-order chi connectivity index (χ1) is 5.79. The maximum atomic E-state index is 11.2. The molecule has 0 aromatic carbocycles. The summed E-state index contributed by atoms with van der Waals surface area (Å²) in [4.78, 5) is 11.2. The molecule has 60 valence electrons. The second-order valence-electron chi connectivity index (χ2n) is 2.67. The number of allylic oxidation sites excluding steroid dienone is 4. The first-order valence-corrected chi connectivity index (χ1v) is 4.05. The summed E-state index contributed by atoms with van der Waals surface area (Å²) in [6.07, 6.45) is 10.5. The van der Waals surface area contributed by atoms with Gasteiger partial charge < -0.3 is 0 Å². The standard InChI is InChI=1S/C9H7ClNO/c10-8-5-6-11(12)9-4-2-1-3-7(8)9/h1-6,9H/q+1. The molecule has 2 aliphatic rings. The van der Waals surface area contributed by atoms with Crippen molar-refractivity contribution in [3.8, 4) is 0 Å². The summed E-state index contributed by atoms with van der Waals surface area (Å²) in [6, 6.07) is -0.229. The van der Waals surface area contributed by atoms with Gasteiger partial charge in [-0.1, -0.05) is 29.8 Å². The van der Waals surface area contributed by atoms with E-state index in [2.05, 4.69) is 0 Å². The van der Waals surface area contributed by atoms with Crippen LogP contribution in [0.1, 0.15) is 0 Å². The molecule has 0 amide bonds. The van der Waals surface area contributed by atoms with E-state index < -0.39 is 0 Å². The van der Waals surface area contributed by atoms with Crippen LogP contribution in [0.25, 0.3) is 0 Å². The Hall–Kier alpha value is -1.15. The minimum atomic E-state index is -0.229. The van der Waals surface area contributed by atoms with Crippen LogP contribution in [0.15, 0.2) is 47.2 Å². The molecule has 1 atom stereocenters. The maximum Gasteiger partial charge on any atom is 0.252 e. The molecule has 0 aromatic heterocycles. The fourth-order valence-corrected chi connectivity index (χ4v) is 1.53. The van der Waals surface area contributed by atoms with Crippen LogP contribution < -0.4 is 0 Å². The fraction of sp³-hybridized carbons (Fsp3) is 0.111. The van der Waals surface area contributed by atoms with Crippen LogP contribution in [-0.4, -0.2) is 10.8 Å². The molecule has 1 unspecified atom stereocenters. The number of hydrogen-bond acceptors (Lipinski definition) is 1. The summed E-state index contributed by atoms with van der Waals surface area (Å²) < 4.78 is 0.890. The van der Waals surface area contributed by atoms with Gasteiger partial charge in [0.25, 0.3) is 6.04 Å². The topological polar surface area (TPSA) is 20.1 Å². The lowest BCUT2D eigenvalue weighted by Gasteiger charge is -2.11. The number of nitrogens with zero attached hydrogens (tertiary/aromatic N) is 1. The van der Waals surface area contributed by atoms with E-state index in [0.717, 1.165) is 10.3 Å². The van der Waals surface area contributed by atoms with Crippen LogP contribution >= 0.6 is 11.6 Å². The molecule has 1 aliphatic carbocycles. The second kappa shape index (κ2) is 2.72. The van der Waals surface area contributed by atoms with Gasteiger partial charge in [0.05, 0.1) is 5.03 Å². The van der Waals surface area contributed by atoms with Gasteiger partial charge in [-0.15, -0.1) is 0 Å². The molecule has 2 rings (SSSR count). The Labute approximate surface area is 75.1 Å². The third-order valence-electron chi connectivity index (χ3n) is 1.92. The molecule has 0 bridgehead atoms. The smallest absolute Gasteiger partial charge is 0.0835 e. The van der Waals surface area contributed by atoms with Crippen LogP contribution in [0.4, 0.5) is 0 Å². The molecule has 1 aliphatic heterocycles. The molecule has 3 heteroatoms. The SMILES string of the molecule is O=[N+]1C=CC(Cl)=C2C=CC=CC21. The second-order valence-corrected chi connectivity index (χ2v) is 3.07. The number of hydrogen-bond donors (Lipinski definition) is 0. The van der Waals surface area contributed by atoms with Gasteiger partial charge in [-0.3, -0.25) is 0 Å². The molecule has 0 fully saturated rings. The summed E-state index contributed by atoms with van der Waals surface area (Å²) in [5.74, 6) is 0. The van der Waals surface area contributed by atoms with Gasteiger partial charge in [0.1, 0.15) is 0 Å². The molecule has 2 nitrogen and oxygen atoms in total. The Bertz CT molecular complexity index is 350. The lowest BCUT2D eigenvalue weighted by molar-refractivity contribution is -0.499. The molecule has 12 heavy (non-hydrogen) atoms. The van der Waals surface area contributed by atoms with Gasteiger partial charge in [-0.05, 0) is 6.08 Å². The van der Waals surface area contributed by atoms with Gasteiger partial charge in [0, 0.05) is 21.3 Å². The van der Waals surface area contributed by atoms with Gasteiger partial charge in [-0.2, -0.15) is 0 Å². The summed E-state index contributed by atoms with van der Waals surface area (Å²) in [5, 5.41) is 0.646. The quantitative estimate of drug-likeness (QED) is 0.524. The van der Waals surface area contributed by atoms with E-state index in [4.69, 9.17) is 11.6 Å². The highest BCUT2D eigenvalue weighted by Gasteiger charge is 2.30. The van der Waals surface area contributed by atoms with Crippen molar-refractivity contribution in [1.82, 2.24) is 0 Å². The van der Waals surface area contributed by atoms with E-state index in [1.54, 1.807) is 6.08 Å². The molecule has 0 aromatic rings. The molecular weight excluding hydrogens is 174 g/mol. The Morgan fingerprint density at radius 2 is 2.17 bits per heavy atom. The summed E-state index contributed by atoms with van der Waals surface area (Å²) >= 11 is 5.90. The van der Waals surface area contributed by atoms with Crippen LogP contribution in [0, 0.1) is 4.91 Å². The number of fused-ring (bicyclic) bond motifs is 1. The third-order valence-corrected chi connectivity index (χ3v) is 2.26. The first kappa shape index (κ1) is 7.50. The lowest BCUT2D eigenvalue weighted by atomic mass is 10.00. The van der Waals surface area contributed by atoms with Crippen molar-refractivity contribution >= 4 is 11.6 Å². The minimum Gasteiger partial charge on any atom is -0.0835 e. The van der Waals surface area contributed by atoms with E-state index in [-0.39, 0.29) is 6.04 Å². The van der Waals surface area contributed by atoms with Crippen LogP contribution in [-0.2, 0) is 0 Å². The van der Waals surface area contributed by atoms with Crippen LogP contribution in [0.2, 0.25) is 0 Å². The number of halogens is 1. The maximum absolute atomic E-state index is 11.2. The monoisotopic (exact) mass is 180 g/mol. The predicted octanol–water partition coefficient (Wildman–Crippen LogP) is 2.28. The highest BCUT2D eigenvalue weighted by atomic mass is 35.5. The zero-order valence-corrected chi connectivity index (χ0v) is 7.03. The van der Waals surface area contributed by atoms with Crippen LogP contribution in [0.5, 0.6) is 0 Å². The van der Waals surface area contributed by atoms with Crippen molar-refractivity contribution in [2.45, 2.75) is 6.04 Å². The molecule has 1 heterocycles. The van der Waals surface area contributed by atoms with Crippen molar-refractivity contribution in [2.75, 3.05) is 0 Å². The van der Waals surface area contributed by atoms with Crippen LogP contribution in [0.3, 0.4) is 0 Å². The van der Waals surface area contributed by atoms with Gasteiger partial charge in [0.2, 0.25) is 6.20 Å². The zero-order chi connectivity index (χ0) is 8.55. The fourth-order valence-electron chi connectivity index (χ4n) is 1.30. The van der Waals surface area contributed by atoms with E-state index in [9.17, 15) is 4.91 Å². The summed E-state index contributed by atoms with van der Waals surface area (Å²) in [7, 11) is 0. The first-order valence-electron chi connectivity index (χ1n) is 3.67. The average Bonchev–Trinajstić information content (AvgIpc) is 2.12. The molecule has 0 radical (unpaired) electrons. The van der Waals surface area contributed by atoms with E-state index in [0.29, 0.717) is 5.03 Å². The van der Waals surface area contributed by atoms with E-state index in [1.807, 2.05) is 24.3 Å². The summed E-state index contributed by atoms with van der Waals surface area (Å²) in [5.41, 5.74) is 0.872. The Morgan fingerprint density at radius 3 is 2.92 bits per heavy atom. The van der Waals surface area contributed by atoms with Crippen molar-refractivity contribution in [2.24, 2.45) is 0 Å². The molecular formula is C9H7ClNO+. The highest BCUT2D eigenvalue weighted by Crippen LogP contribution is 2.25. The average molecular weight is 181 g/mol. The van der Waals surface area contributed by atoms with Crippen molar-refractivity contribution in [3.63, 3.8) is 0 Å². The van der Waals surface area contributed by atoms with Crippen molar-refractivity contribution < 1.29 is 4.76 Å². The highest BCUT2D eigenvalue weighted by molar-refractivity contribution is 6.31. The van der Waals surface area contributed by atoms with E-state index >= 15 is 0 Å². The molecule has 0 saturated carbocycles.